The lowest BCUT2D eigenvalue weighted by Crippen LogP contribution is -2.39. The Hall–Kier alpha value is -0.0800. The molecule has 16 heavy (non-hydrogen) atoms. The first-order valence-corrected chi connectivity index (χ1v) is 7.08. The molecule has 0 aromatic carbocycles. The van der Waals surface area contributed by atoms with Crippen molar-refractivity contribution in [2.75, 3.05) is 6.54 Å². The molecule has 0 aromatic heterocycles. The van der Waals surface area contributed by atoms with Crippen molar-refractivity contribution in [3.63, 3.8) is 0 Å². The van der Waals surface area contributed by atoms with Gasteiger partial charge in [-0.15, -0.1) is 0 Å². The molecule has 0 aromatic rings. The molecule has 0 saturated heterocycles. The summed E-state index contributed by atoms with van der Waals surface area (Å²) in [6.07, 6.45) is 7.56. The fourth-order valence-corrected chi connectivity index (χ4v) is 2.54. The molecule has 0 radical (unpaired) electrons. The topological polar surface area (TPSA) is 32.3 Å². The van der Waals surface area contributed by atoms with E-state index in [-0.39, 0.29) is 6.10 Å². The van der Waals surface area contributed by atoms with Gasteiger partial charge in [-0.25, -0.2) is 0 Å². The number of hydrogen-bond donors (Lipinski definition) is 2. The van der Waals surface area contributed by atoms with Crippen molar-refractivity contribution in [1.82, 2.24) is 5.32 Å². The van der Waals surface area contributed by atoms with E-state index in [2.05, 4.69) is 26.1 Å². The van der Waals surface area contributed by atoms with Crippen LogP contribution in [-0.2, 0) is 0 Å². The van der Waals surface area contributed by atoms with Crippen molar-refractivity contribution in [1.29, 1.82) is 0 Å². The molecule has 96 valence electrons. The molecular weight excluding hydrogens is 198 g/mol. The van der Waals surface area contributed by atoms with Crippen LogP contribution in [0.3, 0.4) is 0 Å². The van der Waals surface area contributed by atoms with Gasteiger partial charge in [0.2, 0.25) is 0 Å². The van der Waals surface area contributed by atoms with Gasteiger partial charge in [0, 0.05) is 12.6 Å². The first-order chi connectivity index (χ1) is 7.67. The predicted octanol–water partition coefficient (Wildman–Crippen LogP) is 2.95. The second-order valence-corrected chi connectivity index (χ2v) is 5.49. The molecule has 1 rings (SSSR count). The minimum atomic E-state index is -0.172. The van der Waals surface area contributed by atoms with Gasteiger partial charge in [-0.2, -0.15) is 0 Å². The lowest BCUT2D eigenvalue weighted by molar-refractivity contribution is 0.106. The zero-order valence-corrected chi connectivity index (χ0v) is 11.2. The molecule has 2 nitrogen and oxygen atoms in total. The molecule has 1 fully saturated rings. The number of aliphatic hydroxyl groups excluding tert-OH is 1. The highest BCUT2D eigenvalue weighted by molar-refractivity contribution is 4.78. The van der Waals surface area contributed by atoms with Crippen LogP contribution in [0.4, 0.5) is 0 Å². The third-order valence-corrected chi connectivity index (χ3v) is 4.34. The van der Waals surface area contributed by atoms with Gasteiger partial charge in [0.1, 0.15) is 0 Å². The quantitative estimate of drug-likeness (QED) is 0.731. The Labute approximate surface area is 101 Å². The van der Waals surface area contributed by atoms with Gasteiger partial charge in [0.05, 0.1) is 6.10 Å². The second kappa shape index (κ2) is 7.29. The molecule has 0 heterocycles. The molecule has 2 atom stereocenters. The van der Waals surface area contributed by atoms with Crippen LogP contribution < -0.4 is 5.32 Å². The highest BCUT2D eigenvalue weighted by atomic mass is 16.3. The van der Waals surface area contributed by atoms with Crippen LogP contribution in [0.1, 0.15) is 59.3 Å². The maximum absolute atomic E-state index is 9.88. The number of rotatable bonds is 6. The van der Waals surface area contributed by atoms with Crippen LogP contribution in [0, 0.1) is 11.8 Å². The van der Waals surface area contributed by atoms with Crippen molar-refractivity contribution < 1.29 is 5.11 Å². The minimum Gasteiger partial charge on any atom is -0.392 e. The summed E-state index contributed by atoms with van der Waals surface area (Å²) in [4.78, 5) is 0. The number of aliphatic hydroxyl groups is 1. The predicted molar refractivity (Wildman–Crippen MR) is 69.5 cm³/mol. The van der Waals surface area contributed by atoms with Crippen LogP contribution in [0.15, 0.2) is 0 Å². The minimum absolute atomic E-state index is 0.172. The van der Waals surface area contributed by atoms with Crippen molar-refractivity contribution >= 4 is 0 Å². The van der Waals surface area contributed by atoms with Gasteiger partial charge in [0.15, 0.2) is 0 Å². The van der Waals surface area contributed by atoms with Crippen LogP contribution in [0.5, 0.6) is 0 Å². The van der Waals surface area contributed by atoms with Crippen molar-refractivity contribution in [2.24, 2.45) is 11.8 Å². The molecule has 1 aliphatic rings. The summed E-state index contributed by atoms with van der Waals surface area (Å²) in [5.74, 6) is 1.37. The van der Waals surface area contributed by atoms with E-state index in [0.717, 1.165) is 18.9 Å². The first-order valence-electron chi connectivity index (χ1n) is 7.08. The Kier molecular flexibility index (Phi) is 6.37. The molecule has 1 saturated carbocycles. The van der Waals surface area contributed by atoms with Crippen molar-refractivity contribution in [3.05, 3.63) is 0 Å². The Morgan fingerprint density at radius 2 is 1.81 bits per heavy atom. The number of hydrogen-bond acceptors (Lipinski definition) is 2. The third-order valence-electron chi connectivity index (χ3n) is 4.34. The van der Waals surface area contributed by atoms with Gasteiger partial charge < -0.3 is 10.4 Å². The summed E-state index contributed by atoms with van der Waals surface area (Å²) in [6.45, 7) is 7.34. The summed E-state index contributed by atoms with van der Waals surface area (Å²) in [6, 6.07) is 0.654. The molecule has 0 amide bonds. The van der Waals surface area contributed by atoms with E-state index in [0.29, 0.717) is 12.0 Å². The first kappa shape index (κ1) is 14.0. The molecule has 0 aliphatic heterocycles. The van der Waals surface area contributed by atoms with Gasteiger partial charge in [-0.05, 0) is 37.5 Å². The summed E-state index contributed by atoms with van der Waals surface area (Å²) < 4.78 is 0. The van der Waals surface area contributed by atoms with E-state index in [4.69, 9.17) is 0 Å². The third kappa shape index (κ3) is 4.42. The highest BCUT2D eigenvalue weighted by Crippen LogP contribution is 2.26. The van der Waals surface area contributed by atoms with E-state index < -0.39 is 0 Å². The van der Waals surface area contributed by atoms with Gasteiger partial charge in [-0.3, -0.25) is 0 Å². The van der Waals surface area contributed by atoms with E-state index in [9.17, 15) is 5.11 Å². The summed E-state index contributed by atoms with van der Waals surface area (Å²) in [7, 11) is 0. The fraction of sp³-hybridized carbons (Fsp3) is 1.00. The molecular formula is C14H29NO. The Bertz CT molecular complexity index is 176. The van der Waals surface area contributed by atoms with E-state index in [1.807, 2.05) is 0 Å². The highest BCUT2D eigenvalue weighted by Gasteiger charge is 2.21. The largest absolute Gasteiger partial charge is 0.392 e. The van der Waals surface area contributed by atoms with Crippen LogP contribution in [0.25, 0.3) is 0 Å². The molecule has 2 heteroatoms. The number of nitrogens with one attached hydrogen (secondary N) is 1. The van der Waals surface area contributed by atoms with E-state index in [1.165, 1.54) is 32.1 Å². The molecule has 0 bridgehead atoms. The maximum Gasteiger partial charge on any atom is 0.0690 e. The summed E-state index contributed by atoms with van der Waals surface area (Å²) in [5, 5.41) is 13.4. The fourth-order valence-electron chi connectivity index (χ4n) is 2.54. The van der Waals surface area contributed by atoms with Crippen molar-refractivity contribution in [3.8, 4) is 0 Å². The van der Waals surface area contributed by atoms with E-state index in [1.54, 1.807) is 0 Å². The van der Waals surface area contributed by atoms with Crippen LogP contribution in [-0.4, -0.2) is 23.8 Å². The zero-order chi connectivity index (χ0) is 12.0. The van der Waals surface area contributed by atoms with Crippen LogP contribution in [0.2, 0.25) is 0 Å². The lowest BCUT2D eigenvalue weighted by atomic mass is 9.84. The van der Waals surface area contributed by atoms with Crippen molar-refractivity contribution in [2.45, 2.75) is 71.4 Å². The molecule has 2 N–H and O–H groups in total. The summed E-state index contributed by atoms with van der Waals surface area (Å²) in [5.41, 5.74) is 0. The zero-order valence-electron chi connectivity index (χ0n) is 11.2. The lowest BCUT2D eigenvalue weighted by Gasteiger charge is -2.30. The van der Waals surface area contributed by atoms with Gasteiger partial charge >= 0.3 is 0 Å². The average molecular weight is 227 g/mol. The average Bonchev–Trinajstić information content (AvgIpc) is 2.35. The van der Waals surface area contributed by atoms with E-state index >= 15 is 0 Å². The summed E-state index contributed by atoms with van der Waals surface area (Å²) >= 11 is 0. The molecule has 1 aliphatic carbocycles. The normalized spacial score (nSPS) is 30.0. The Balaban J connectivity index is 2.14. The second-order valence-electron chi connectivity index (χ2n) is 5.49. The maximum atomic E-state index is 9.88. The SMILES string of the molecule is CCC1CCC(NCC(O)C(C)CC)CC1. The monoisotopic (exact) mass is 227 g/mol. The standard InChI is InChI=1S/C14H29NO/c1-4-11(3)14(16)10-15-13-8-6-12(5-2)7-9-13/h11-16H,4-10H2,1-3H3. The van der Waals surface area contributed by atoms with Gasteiger partial charge in [0.25, 0.3) is 0 Å². The molecule has 0 spiro atoms. The Morgan fingerprint density at radius 1 is 1.19 bits per heavy atom. The van der Waals surface area contributed by atoms with Gasteiger partial charge in [-0.1, -0.05) is 33.6 Å². The Morgan fingerprint density at radius 3 is 2.31 bits per heavy atom. The molecule has 2 unspecified atom stereocenters. The van der Waals surface area contributed by atoms with Crippen LogP contribution >= 0.6 is 0 Å². The smallest absolute Gasteiger partial charge is 0.0690 e.